The van der Waals surface area contributed by atoms with E-state index in [1.807, 2.05) is 30.3 Å². The van der Waals surface area contributed by atoms with Gasteiger partial charge in [-0.25, -0.2) is 0 Å². The second kappa shape index (κ2) is 6.91. The van der Waals surface area contributed by atoms with Crippen molar-refractivity contribution >= 4 is 33.2 Å². The molecule has 1 amide bonds. The van der Waals surface area contributed by atoms with Gasteiger partial charge < -0.3 is 16.3 Å². The highest BCUT2D eigenvalue weighted by molar-refractivity contribution is 7.20. The van der Waals surface area contributed by atoms with E-state index in [0.29, 0.717) is 13.0 Å². The number of amides is 1. The van der Waals surface area contributed by atoms with Crippen molar-refractivity contribution in [2.75, 3.05) is 6.54 Å². The predicted molar refractivity (Wildman–Crippen MR) is 81.4 cm³/mol. The molecule has 0 saturated heterocycles. The predicted octanol–water partition coefficient (Wildman–Crippen LogP) is 2.55. The molecule has 0 aliphatic heterocycles. The van der Waals surface area contributed by atoms with Crippen molar-refractivity contribution in [3.05, 3.63) is 35.2 Å². The van der Waals surface area contributed by atoms with Crippen molar-refractivity contribution in [3.63, 3.8) is 0 Å². The van der Waals surface area contributed by atoms with Gasteiger partial charge in [0, 0.05) is 17.7 Å². The molecule has 2 aromatic rings. The summed E-state index contributed by atoms with van der Waals surface area (Å²) in [4.78, 5) is 12.7. The van der Waals surface area contributed by atoms with Crippen LogP contribution in [0.3, 0.4) is 0 Å². The Kier molecular flexibility index (Phi) is 4.95. The third-order valence-electron chi connectivity index (χ3n) is 2.92. The van der Waals surface area contributed by atoms with Gasteiger partial charge in [0.15, 0.2) is 0 Å². The fraction of sp³-hybridized carbons (Fsp3) is 0.286. The minimum atomic E-state index is -0.0463. The summed E-state index contributed by atoms with van der Waals surface area (Å²) in [5, 5.41) is 15.3. The number of hydrogen-bond acceptors (Lipinski definition) is 4. The van der Waals surface area contributed by atoms with Crippen LogP contribution in [0.2, 0.25) is 0 Å². The molecule has 106 valence electrons. The lowest BCUT2D eigenvalue weighted by molar-refractivity contribution is 0.0957. The highest BCUT2D eigenvalue weighted by Gasteiger charge is 2.09. The molecule has 2 rings (SSSR count). The lowest BCUT2D eigenvalue weighted by Crippen LogP contribution is -2.23. The van der Waals surface area contributed by atoms with E-state index in [0.717, 1.165) is 27.8 Å². The van der Waals surface area contributed by atoms with E-state index in [4.69, 9.17) is 10.9 Å². The molecule has 0 bridgehead atoms. The lowest BCUT2D eigenvalue weighted by Gasteiger charge is -2.03. The van der Waals surface area contributed by atoms with Crippen molar-refractivity contribution < 1.29 is 10.0 Å². The number of rotatable bonds is 6. The molecule has 0 atom stereocenters. The Morgan fingerprint density at radius 3 is 2.90 bits per heavy atom. The largest absolute Gasteiger partial charge is 0.409 e. The standard InChI is InChI=1S/C14H17N3O2S/c15-13(17-19)7-3-4-8-16-14(18)12-9-10-5-1-2-6-11(10)20-12/h1-2,5-6,9,19H,3-4,7-8H2,(H2,15,17)(H,16,18). The van der Waals surface area contributed by atoms with Gasteiger partial charge in [-0.3, -0.25) is 4.79 Å². The van der Waals surface area contributed by atoms with Gasteiger partial charge in [-0.05, 0) is 30.4 Å². The van der Waals surface area contributed by atoms with Gasteiger partial charge in [-0.15, -0.1) is 11.3 Å². The van der Waals surface area contributed by atoms with Crippen molar-refractivity contribution in [1.82, 2.24) is 5.32 Å². The molecule has 0 fully saturated rings. The summed E-state index contributed by atoms with van der Waals surface area (Å²) in [6.07, 6.45) is 2.12. The summed E-state index contributed by atoms with van der Waals surface area (Å²) in [5.74, 6) is 0.177. The van der Waals surface area contributed by atoms with Crippen LogP contribution >= 0.6 is 11.3 Å². The van der Waals surface area contributed by atoms with E-state index < -0.39 is 0 Å². The normalized spacial score (nSPS) is 11.7. The number of benzene rings is 1. The minimum absolute atomic E-state index is 0.0463. The second-order valence-corrected chi connectivity index (χ2v) is 5.54. The quantitative estimate of drug-likeness (QED) is 0.251. The molecule has 0 spiro atoms. The Balaban J connectivity index is 1.80. The number of oxime groups is 1. The molecule has 6 heteroatoms. The number of nitrogens with zero attached hydrogens (tertiary/aromatic N) is 1. The highest BCUT2D eigenvalue weighted by Crippen LogP contribution is 2.24. The van der Waals surface area contributed by atoms with Crippen LogP contribution in [-0.2, 0) is 0 Å². The van der Waals surface area contributed by atoms with E-state index in [-0.39, 0.29) is 11.7 Å². The zero-order valence-corrected chi connectivity index (χ0v) is 11.8. The first-order chi connectivity index (χ1) is 9.70. The Morgan fingerprint density at radius 2 is 2.15 bits per heavy atom. The maximum absolute atomic E-state index is 12.0. The van der Waals surface area contributed by atoms with Crippen LogP contribution in [0.4, 0.5) is 0 Å². The van der Waals surface area contributed by atoms with Gasteiger partial charge in [0.05, 0.1) is 4.88 Å². The van der Waals surface area contributed by atoms with Crippen molar-refractivity contribution in [1.29, 1.82) is 0 Å². The summed E-state index contributed by atoms with van der Waals surface area (Å²) in [5.41, 5.74) is 5.36. The van der Waals surface area contributed by atoms with Gasteiger partial charge in [0.1, 0.15) is 5.84 Å². The Morgan fingerprint density at radius 1 is 1.35 bits per heavy atom. The first-order valence-corrected chi connectivity index (χ1v) is 7.25. The smallest absolute Gasteiger partial charge is 0.261 e. The maximum atomic E-state index is 12.0. The molecule has 1 aromatic carbocycles. The second-order valence-electron chi connectivity index (χ2n) is 4.45. The summed E-state index contributed by atoms with van der Waals surface area (Å²) in [7, 11) is 0. The summed E-state index contributed by atoms with van der Waals surface area (Å²) in [6.45, 7) is 0.589. The summed E-state index contributed by atoms with van der Waals surface area (Å²) in [6, 6.07) is 9.84. The number of nitrogens with two attached hydrogens (primary N) is 1. The van der Waals surface area contributed by atoms with Crippen LogP contribution in [0.1, 0.15) is 28.9 Å². The minimum Gasteiger partial charge on any atom is -0.409 e. The fourth-order valence-corrected chi connectivity index (χ4v) is 2.84. The third-order valence-corrected chi connectivity index (χ3v) is 4.04. The lowest BCUT2D eigenvalue weighted by atomic mass is 10.2. The van der Waals surface area contributed by atoms with E-state index in [9.17, 15) is 4.79 Å². The number of hydrogen-bond donors (Lipinski definition) is 3. The fourth-order valence-electron chi connectivity index (χ4n) is 1.86. The van der Waals surface area contributed by atoms with Gasteiger partial charge in [-0.2, -0.15) is 0 Å². The zero-order valence-electron chi connectivity index (χ0n) is 11.0. The van der Waals surface area contributed by atoms with Gasteiger partial charge in [0.2, 0.25) is 0 Å². The average Bonchev–Trinajstić information content (AvgIpc) is 2.90. The van der Waals surface area contributed by atoms with Crippen molar-refractivity contribution in [3.8, 4) is 0 Å². The SMILES string of the molecule is NC(CCCCNC(=O)c1cc2ccccc2s1)=NO. The Labute approximate surface area is 121 Å². The molecule has 20 heavy (non-hydrogen) atoms. The first-order valence-electron chi connectivity index (χ1n) is 6.44. The molecular formula is C14H17N3O2S. The third kappa shape index (κ3) is 3.71. The van der Waals surface area contributed by atoms with Gasteiger partial charge in [-0.1, -0.05) is 23.4 Å². The zero-order chi connectivity index (χ0) is 14.4. The number of carbonyl (C=O) groups is 1. The van der Waals surface area contributed by atoms with E-state index in [2.05, 4.69) is 10.5 Å². The molecule has 0 radical (unpaired) electrons. The monoisotopic (exact) mass is 291 g/mol. The number of unbranched alkanes of at least 4 members (excludes halogenated alkanes) is 1. The van der Waals surface area contributed by atoms with E-state index >= 15 is 0 Å². The van der Waals surface area contributed by atoms with Crippen molar-refractivity contribution in [2.24, 2.45) is 10.9 Å². The Bertz CT molecular complexity index is 589. The number of carbonyl (C=O) groups excluding carboxylic acids is 1. The van der Waals surface area contributed by atoms with Crippen LogP contribution in [0.5, 0.6) is 0 Å². The average molecular weight is 291 g/mol. The van der Waals surface area contributed by atoms with Crippen LogP contribution in [0, 0.1) is 0 Å². The molecule has 0 unspecified atom stereocenters. The van der Waals surface area contributed by atoms with Crippen LogP contribution in [-0.4, -0.2) is 23.5 Å². The molecule has 0 saturated carbocycles. The molecule has 1 heterocycles. The van der Waals surface area contributed by atoms with Crippen molar-refractivity contribution in [2.45, 2.75) is 19.3 Å². The number of fused-ring (bicyclic) bond motifs is 1. The Hall–Kier alpha value is -2.08. The van der Waals surface area contributed by atoms with Gasteiger partial charge >= 0.3 is 0 Å². The molecular weight excluding hydrogens is 274 g/mol. The van der Waals surface area contributed by atoms with E-state index in [1.54, 1.807) is 0 Å². The van der Waals surface area contributed by atoms with Crippen LogP contribution in [0.15, 0.2) is 35.5 Å². The highest BCUT2D eigenvalue weighted by atomic mass is 32.1. The number of nitrogens with one attached hydrogen (secondary N) is 1. The topological polar surface area (TPSA) is 87.7 Å². The molecule has 0 aliphatic rings. The number of thiophene rings is 1. The van der Waals surface area contributed by atoms with Crippen LogP contribution in [0.25, 0.3) is 10.1 Å². The van der Waals surface area contributed by atoms with Gasteiger partial charge in [0.25, 0.3) is 5.91 Å². The van der Waals surface area contributed by atoms with E-state index in [1.165, 1.54) is 11.3 Å². The molecule has 0 aliphatic carbocycles. The summed E-state index contributed by atoms with van der Waals surface area (Å²) >= 11 is 1.49. The molecule has 5 nitrogen and oxygen atoms in total. The number of amidine groups is 1. The summed E-state index contributed by atoms with van der Waals surface area (Å²) < 4.78 is 1.12. The first kappa shape index (κ1) is 14.3. The maximum Gasteiger partial charge on any atom is 0.261 e. The molecule has 4 N–H and O–H groups in total. The molecule has 1 aromatic heterocycles. The van der Waals surface area contributed by atoms with Crippen LogP contribution < -0.4 is 11.1 Å².